The first-order valence-corrected chi connectivity index (χ1v) is 11.1. The van der Waals surface area contributed by atoms with Gasteiger partial charge in [-0.2, -0.15) is 5.10 Å². The highest BCUT2D eigenvalue weighted by Gasteiger charge is 2.48. The van der Waals surface area contributed by atoms with Crippen LogP contribution < -0.4 is 19.7 Å². The number of benzene rings is 2. The third-order valence-electron chi connectivity index (χ3n) is 6.26. The molecule has 0 bridgehead atoms. The van der Waals surface area contributed by atoms with Gasteiger partial charge in [0.25, 0.3) is 0 Å². The smallest absolute Gasteiger partial charge is 0.328 e. The number of methoxy groups -OCH3 is 2. The molecule has 3 aromatic rings. The van der Waals surface area contributed by atoms with Gasteiger partial charge in [0, 0.05) is 17.2 Å². The molecular formula is C25H26FN5O4. The van der Waals surface area contributed by atoms with Crippen LogP contribution in [-0.4, -0.2) is 47.0 Å². The Balaban J connectivity index is 1.76. The Bertz CT molecular complexity index is 1320. The summed E-state index contributed by atoms with van der Waals surface area (Å²) in [7, 11) is 2.92. The van der Waals surface area contributed by atoms with Gasteiger partial charge in [-0.15, -0.1) is 0 Å². The quantitative estimate of drug-likeness (QED) is 0.582. The molecule has 10 heteroatoms. The molecule has 35 heavy (non-hydrogen) atoms. The molecule has 0 saturated carbocycles. The van der Waals surface area contributed by atoms with Crippen LogP contribution in [0.4, 0.5) is 20.7 Å². The summed E-state index contributed by atoms with van der Waals surface area (Å²) < 4.78 is 26.3. The van der Waals surface area contributed by atoms with E-state index in [9.17, 15) is 14.3 Å². The highest BCUT2D eigenvalue weighted by Crippen LogP contribution is 2.48. The third-order valence-corrected chi connectivity index (χ3v) is 6.26. The second kappa shape index (κ2) is 8.00. The van der Waals surface area contributed by atoms with Gasteiger partial charge in [-0.3, -0.25) is 10.2 Å². The Hall–Kier alpha value is -4.08. The number of aromatic nitrogens is 2. The van der Waals surface area contributed by atoms with E-state index in [0.717, 1.165) is 11.1 Å². The number of nitrogens with zero attached hydrogens (tertiary/aromatic N) is 4. The van der Waals surface area contributed by atoms with Gasteiger partial charge in [-0.25, -0.2) is 18.9 Å². The number of aromatic hydroxyl groups is 1. The molecule has 0 aliphatic carbocycles. The Morgan fingerprint density at radius 1 is 1.09 bits per heavy atom. The van der Waals surface area contributed by atoms with Gasteiger partial charge in [-0.05, 0) is 62.7 Å². The fourth-order valence-electron chi connectivity index (χ4n) is 4.69. The number of phenols is 1. The maximum Gasteiger partial charge on any atom is 0.328 e. The first-order chi connectivity index (χ1) is 16.6. The van der Waals surface area contributed by atoms with Crippen molar-refractivity contribution < 1.29 is 23.8 Å². The van der Waals surface area contributed by atoms with Crippen LogP contribution in [0.2, 0.25) is 0 Å². The fraction of sp³-hybridized carbons (Fsp3) is 0.320. The second-order valence-corrected chi connectivity index (χ2v) is 9.48. The van der Waals surface area contributed by atoms with Crippen molar-refractivity contribution in [2.45, 2.75) is 38.3 Å². The maximum absolute atomic E-state index is 13.7. The molecule has 3 heterocycles. The van der Waals surface area contributed by atoms with Crippen LogP contribution in [0.15, 0.2) is 47.6 Å². The highest BCUT2D eigenvalue weighted by atomic mass is 19.1. The van der Waals surface area contributed by atoms with Crippen molar-refractivity contribution in [2.24, 2.45) is 4.99 Å². The monoisotopic (exact) mass is 479 g/mol. The van der Waals surface area contributed by atoms with E-state index in [0.29, 0.717) is 17.3 Å². The number of halogens is 1. The van der Waals surface area contributed by atoms with E-state index >= 15 is 0 Å². The zero-order valence-corrected chi connectivity index (χ0v) is 20.0. The molecule has 2 N–H and O–H groups in total. The summed E-state index contributed by atoms with van der Waals surface area (Å²) in [5, 5.41) is 18.0. The van der Waals surface area contributed by atoms with E-state index in [1.54, 1.807) is 35.4 Å². The fourth-order valence-corrected chi connectivity index (χ4v) is 4.69. The number of amidine groups is 1. The SMILES string of the molecule is COc1cc([C@H]2c3cnn(C(C)(C)C)c3N=C3NC(=O)N(c4ccc(F)cc4)[C@@H]32)cc(OC)c1O. The summed E-state index contributed by atoms with van der Waals surface area (Å²) in [6, 6.07) is 8.23. The van der Waals surface area contributed by atoms with E-state index in [1.165, 1.54) is 26.4 Å². The zero-order chi connectivity index (χ0) is 25.1. The second-order valence-electron chi connectivity index (χ2n) is 9.48. The maximum atomic E-state index is 13.7. The lowest BCUT2D eigenvalue weighted by molar-refractivity contribution is 0.252. The lowest BCUT2D eigenvalue weighted by Crippen LogP contribution is -2.42. The number of nitrogens with one attached hydrogen (secondary N) is 1. The van der Waals surface area contributed by atoms with Gasteiger partial charge in [0.15, 0.2) is 17.3 Å². The van der Waals surface area contributed by atoms with Gasteiger partial charge >= 0.3 is 6.03 Å². The number of carbonyl (C=O) groups excluding carboxylic acids is 1. The number of anilines is 1. The van der Waals surface area contributed by atoms with Crippen molar-refractivity contribution in [3.8, 4) is 17.2 Å². The minimum absolute atomic E-state index is 0.120. The third kappa shape index (κ3) is 3.56. The van der Waals surface area contributed by atoms with E-state index in [1.807, 2.05) is 25.5 Å². The number of rotatable bonds is 4. The zero-order valence-electron chi connectivity index (χ0n) is 20.0. The van der Waals surface area contributed by atoms with Crippen molar-refractivity contribution in [1.29, 1.82) is 0 Å². The molecule has 0 spiro atoms. The lowest BCUT2D eigenvalue weighted by Gasteiger charge is -2.34. The van der Waals surface area contributed by atoms with Crippen LogP contribution >= 0.6 is 0 Å². The van der Waals surface area contributed by atoms with Crippen LogP contribution in [0, 0.1) is 5.82 Å². The largest absolute Gasteiger partial charge is 0.502 e. The van der Waals surface area contributed by atoms with Crippen LogP contribution in [0.1, 0.15) is 37.8 Å². The van der Waals surface area contributed by atoms with Crippen LogP contribution in [-0.2, 0) is 5.54 Å². The number of carbonyl (C=O) groups is 1. The average molecular weight is 480 g/mol. The lowest BCUT2D eigenvalue weighted by atomic mass is 9.83. The Morgan fingerprint density at radius 3 is 2.29 bits per heavy atom. The van der Waals surface area contributed by atoms with Crippen LogP contribution in [0.3, 0.4) is 0 Å². The molecule has 5 rings (SSSR count). The minimum Gasteiger partial charge on any atom is -0.502 e. The van der Waals surface area contributed by atoms with Gasteiger partial charge in [0.05, 0.1) is 26.0 Å². The predicted molar refractivity (Wildman–Crippen MR) is 129 cm³/mol. The molecule has 1 fully saturated rings. The summed E-state index contributed by atoms with van der Waals surface area (Å²) in [6.45, 7) is 6.06. The number of aliphatic imine (C=N–C) groups is 1. The first kappa shape index (κ1) is 22.7. The Kier molecular flexibility index (Phi) is 5.19. The molecule has 2 aromatic carbocycles. The van der Waals surface area contributed by atoms with Crippen LogP contribution in [0.25, 0.3) is 0 Å². The van der Waals surface area contributed by atoms with Crippen molar-refractivity contribution in [1.82, 2.24) is 15.1 Å². The van der Waals surface area contributed by atoms with Crippen molar-refractivity contribution in [2.75, 3.05) is 19.1 Å². The summed E-state index contributed by atoms with van der Waals surface area (Å²) in [4.78, 5) is 19.6. The van der Waals surface area contributed by atoms with E-state index in [4.69, 9.17) is 14.5 Å². The number of ether oxygens (including phenoxy) is 2. The number of hydrogen-bond donors (Lipinski definition) is 2. The molecule has 1 saturated heterocycles. The van der Waals surface area contributed by atoms with Crippen molar-refractivity contribution >= 4 is 23.4 Å². The standard InChI is InChI=1S/C25H26FN5O4/c1-25(2,3)31-23-16(12-27-31)19(13-10-17(34-4)21(32)18(11-13)35-5)20-22(28-23)29-24(33)30(20)15-8-6-14(26)7-9-15/h6-12,19-20,32H,1-5H3,(H,28,29,33)/t19-,20+/m0/s1. The van der Waals surface area contributed by atoms with Gasteiger partial charge in [-0.1, -0.05) is 0 Å². The molecule has 2 aliphatic heterocycles. The van der Waals surface area contributed by atoms with E-state index < -0.39 is 17.8 Å². The Labute approximate surface area is 201 Å². The normalized spacial score (nSPS) is 19.1. The van der Waals surface area contributed by atoms with E-state index in [2.05, 4.69) is 10.4 Å². The topological polar surface area (TPSA) is 101 Å². The number of hydrogen-bond acceptors (Lipinski definition) is 6. The van der Waals surface area contributed by atoms with Crippen molar-refractivity contribution in [3.63, 3.8) is 0 Å². The number of amides is 2. The summed E-state index contributed by atoms with van der Waals surface area (Å²) in [6.07, 6.45) is 1.75. The van der Waals surface area contributed by atoms with Gasteiger partial charge < -0.3 is 14.6 Å². The molecule has 0 radical (unpaired) electrons. The molecule has 2 atom stereocenters. The minimum atomic E-state index is -0.572. The van der Waals surface area contributed by atoms with Gasteiger partial charge in [0.2, 0.25) is 5.75 Å². The molecule has 1 aromatic heterocycles. The molecule has 182 valence electrons. The molecule has 9 nitrogen and oxygen atoms in total. The summed E-state index contributed by atoms with van der Waals surface area (Å²) >= 11 is 0. The van der Waals surface area contributed by atoms with Gasteiger partial charge in [0.1, 0.15) is 17.7 Å². The first-order valence-electron chi connectivity index (χ1n) is 11.1. The highest BCUT2D eigenvalue weighted by molar-refractivity contribution is 6.18. The van der Waals surface area contributed by atoms with Crippen molar-refractivity contribution in [3.05, 3.63) is 59.5 Å². The molecule has 2 amide bonds. The summed E-state index contributed by atoms with van der Waals surface area (Å²) in [5.74, 6) is 0.586. The summed E-state index contributed by atoms with van der Waals surface area (Å²) in [5.41, 5.74) is 1.69. The Morgan fingerprint density at radius 2 is 1.71 bits per heavy atom. The predicted octanol–water partition coefficient (Wildman–Crippen LogP) is 4.27. The average Bonchev–Trinajstić information content (AvgIpc) is 3.38. The number of fused-ring (bicyclic) bond motifs is 2. The van der Waals surface area contributed by atoms with E-state index in [-0.39, 0.29) is 28.8 Å². The molecule has 0 unspecified atom stereocenters. The van der Waals surface area contributed by atoms with Crippen LogP contribution in [0.5, 0.6) is 17.2 Å². The number of urea groups is 1. The molecule has 2 aliphatic rings. The molecular weight excluding hydrogens is 453 g/mol. The number of phenolic OH excluding ortho intramolecular Hbond substituents is 1.